The van der Waals surface area contributed by atoms with Crippen molar-refractivity contribution in [3.8, 4) is 0 Å². The molecule has 92 heavy (non-hydrogen) atoms. The molecule has 6 aliphatic heterocycles. The number of nitrogens with zero attached hydrogens (tertiary/aromatic N) is 8. The number of amides is 6. The topological polar surface area (TPSA) is 350 Å². The first-order valence-corrected chi connectivity index (χ1v) is 31.6. The van der Waals surface area contributed by atoms with Crippen LogP contribution in [0.2, 0.25) is 0 Å². The number of hydrogen-bond donors (Lipinski definition) is 1. The molecular formula is C62H106N8O22. The molecule has 6 unspecified atom stereocenters. The Balaban J connectivity index is 0.00000107. The molecule has 0 spiro atoms. The van der Waals surface area contributed by atoms with Crippen LogP contribution in [0, 0.1) is 35.5 Å². The van der Waals surface area contributed by atoms with Gasteiger partial charge in [-0.25, -0.2) is 0 Å². The second-order valence-corrected chi connectivity index (χ2v) is 22.8. The molecule has 0 aromatic heterocycles. The van der Waals surface area contributed by atoms with Crippen molar-refractivity contribution in [3.63, 3.8) is 0 Å². The van der Waals surface area contributed by atoms with Crippen LogP contribution in [0.15, 0.2) is 0 Å². The zero-order valence-corrected chi connectivity index (χ0v) is 56.9. The van der Waals surface area contributed by atoms with Crippen molar-refractivity contribution < 1.29 is 105 Å². The second-order valence-electron chi connectivity index (χ2n) is 22.8. The van der Waals surface area contributed by atoms with Crippen LogP contribution >= 0.6 is 0 Å². The van der Waals surface area contributed by atoms with E-state index in [1.165, 1.54) is 4.90 Å². The SMILES string of the molecule is CCOC(=O)C1CC(=O)N(C(C)C)C1.CCOC(=O)C1CC(=O)N(C)C1.CCOC(=O)C1CC(=O)N(CCCN(C)C)C1.CCOC(=O)C1CC(=O)N(CCCOC)C1.CCOC(=O)C1CC(=O)N(CCN(C)C)C1.CCOC(=O)C1CC(=O)N(CCO)C1.O=C=O. The van der Waals surface area contributed by atoms with E-state index in [-0.39, 0.29) is 138 Å². The van der Waals surface area contributed by atoms with Gasteiger partial charge in [0.05, 0.1) is 81.8 Å². The Kier molecular flexibility index (Phi) is 44.0. The van der Waals surface area contributed by atoms with Gasteiger partial charge in [-0.3, -0.25) is 57.5 Å². The second kappa shape index (κ2) is 47.7. The van der Waals surface area contributed by atoms with E-state index in [0.717, 1.165) is 32.5 Å². The standard InChI is InChI=1S/C12H22N2O3.C11H20N2O3.C11H19NO4.C10H17NO3.C9H15NO4.C8H13NO3.CO2/c1-4-17-12(16)10-8-11(15)14(9-10)7-5-6-13(2)3;1-4-16-11(15)9-7-10(14)13(8-9)6-5-12(2)3;1-3-16-11(14)9-7-10(13)12(8-9)5-4-6-15-2;1-4-14-10(13)8-5-9(12)11(6-8)7(2)3;1-2-14-9(13)7-5-8(12)10(6-7)3-4-11;1-3-12-8(11)6-4-7(10)9(2)5-6;2-1-3/h10H,4-9H2,1-3H3;9H,4-8H2,1-3H3;9H,3-8H2,1-2H3;7-8H,4-6H2,1-3H3;7,11H,2-6H2,1H3;6H,3-5H2,1-2H3;. The number of likely N-dealkylation sites (N-methyl/N-ethyl adjacent to an activating group) is 1. The fourth-order valence-electron chi connectivity index (χ4n) is 9.97. The summed E-state index contributed by atoms with van der Waals surface area (Å²) in [6, 6.07) is 0.168. The van der Waals surface area contributed by atoms with Gasteiger partial charge in [-0.1, -0.05) is 0 Å². The fourth-order valence-corrected chi connectivity index (χ4v) is 9.97. The van der Waals surface area contributed by atoms with E-state index >= 15 is 0 Å². The summed E-state index contributed by atoms with van der Waals surface area (Å²) in [4.78, 5) is 167. The zero-order valence-electron chi connectivity index (χ0n) is 56.9. The van der Waals surface area contributed by atoms with E-state index in [1.54, 1.807) is 80.2 Å². The Morgan fingerprint density at radius 1 is 0.446 bits per heavy atom. The molecule has 526 valence electrons. The van der Waals surface area contributed by atoms with Gasteiger partial charge in [0.2, 0.25) is 35.4 Å². The first-order valence-electron chi connectivity index (χ1n) is 31.6. The molecular weight excluding hydrogens is 1210 g/mol. The number of aliphatic hydroxyl groups is 1. The molecule has 6 heterocycles. The van der Waals surface area contributed by atoms with Crippen molar-refractivity contribution in [1.29, 1.82) is 0 Å². The van der Waals surface area contributed by atoms with Crippen LogP contribution in [0.25, 0.3) is 0 Å². The number of aliphatic hydroxyl groups excluding tert-OH is 1. The monoisotopic (exact) mass is 1310 g/mol. The number of carbonyl (C=O) groups is 12. The van der Waals surface area contributed by atoms with Crippen molar-refractivity contribution in [3.05, 3.63) is 0 Å². The summed E-state index contributed by atoms with van der Waals surface area (Å²) in [5.41, 5.74) is 0. The lowest BCUT2D eigenvalue weighted by atomic mass is 10.1. The Bertz CT molecular complexity index is 2350. The molecule has 6 aliphatic rings. The number of carbonyl (C=O) groups excluding carboxylic acids is 14. The van der Waals surface area contributed by atoms with Crippen LogP contribution in [-0.2, 0) is 100 Å². The first kappa shape index (κ1) is 84.9. The van der Waals surface area contributed by atoms with Gasteiger partial charge in [-0.15, -0.1) is 0 Å². The van der Waals surface area contributed by atoms with E-state index in [4.69, 9.17) is 47.9 Å². The summed E-state index contributed by atoms with van der Waals surface area (Å²) in [5, 5.41) is 8.66. The molecule has 0 radical (unpaired) electrons. The Hall–Kier alpha value is -7.14. The summed E-state index contributed by atoms with van der Waals surface area (Å²) >= 11 is 0. The summed E-state index contributed by atoms with van der Waals surface area (Å²) in [6.07, 6.45) is 3.69. The van der Waals surface area contributed by atoms with E-state index in [1.807, 2.05) is 46.9 Å². The average molecular weight is 1320 g/mol. The van der Waals surface area contributed by atoms with Crippen molar-refractivity contribution in [2.75, 3.05) is 174 Å². The van der Waals surface area contributed by atoms with E-state index in [0.29, 0.717) is 131 Å². The van der Waals surface area contributed by atoms with Crippen LogP contribution in [-0.4, -0.2) is 301 Å². The van der Waals surface area contributed by atoms with Gasteiger partial charge in [-0.05, 0) is 103 Å². The molecule has 6 rings (SSSR count). The number of likely N-dealkylation sites (tertiary alicyclic amines) is 6. The lowest BCUT2D eigenvalue weighted by molar-refractivity contribution is -0.192. The van der Waals surface area contributed by atoms with Crippen molar-refractivity contribution in [2.45, 2.75) is 113 Å². The molecule has 30 nitrogen and oxygen atoms in total. The number of hydrogen-bond acceptors (Lipinski definition) is 24. The average Bonchev–Trinajstić information content (AvgIpc) is 2.23. The maximum atomic E-state index is 11.7. The molecule has 0 saturated carbocycles. The third-order valence-electron chi connectivity index (χ3n) is 14.7. The van der Waals surface area contributed by atoms with E-state index in [9.17, 15) is 57.5 Å². The third kappa shape index (κ3) is 32.9. The third-order valence-corrected chi connectivity index (χ3v) is 14.7. The van der Waals surface area contributed by atoms with E-state index in [2.05, 4.69) is 4.90 Å². The van der Waals surface area contributed by atoms with Gasteiger partial charge >= 0.3 is 42.0 Å². The largest absolute Gasteiger partial charge is 0.466 e. The van der Waals surface area contributed by atoms with Gasteiger partial charge in [0.25, 0.3) is 0 Å². The maximum Gasteiger partial charge on any atom is 0.373 e. The first-order chi connectivity index (χ1) is 43.6. The quantitative estimate of drug-likeness (QED) is 0.0695. The maximum absolute atomic E-state index is 11.7. The molecule has 0 aliphatic carbocycles. The number of rotatable bonds is 26. The normalized spacial score (nSPS) is 20.5. The van der Waals surface area contributed by atoms with Crippen LogP contribution in [0.3, 0.4) is 0 Å². The molecule has 1 N–H and O–H groups in total. The Morgan fingerprint density at radius 2 is 0.728 bits per heavy atom. The molecule has 6 atom stereocenters. The van der Waals surface area contributed by atoms with Gasteiger partial charge in [-0.2, -0.15) is 9.59 Å². The minimum atomic E-state index is -0.353. The molecule has 6 saturated heterocycles. The lowest BCUT2D eigenvalue weighted by Crippen LogP contribution is -2.33. The number of β-amino-alcohol motifs (C(OH)–C–C–N with tert-alkyl or cyclic N) is 1. The van der Waals surface area contributed by atoms with Crippen LogP contribution < -0.4 is 0 Å². The number of esters is 6. The summed E-state index contributed by atoms with van der Waals surface area (Å²) in [6.45, 7) is 24.3. The van der Waals surface area contributed by atoms with Crippen LogP contribution in [0.5, 0.6) is 0 Å². The predicted octanol–water partition coefficient (Wildman–Crippen LogP) is 0.385. The summed E-state index contributed by atoms with van der Waals surface area (Å²) in [5.74, 6) is -3.09. The van der Waals surface area contributed by atoms with Crippen molar-refractivity contribution in [1.82, 2.24) is 39.2 Å². The number of methoxy groups -OCH3 is 1. The summed E-state index contributed by atoms with van der Waals surface area (Å²) < 4.78 is 34.2. The zero-order chi connectivity index (χ0) is 70.0. The van der Waals surface area contributed by atoms with Crippen LogP contribution in [0.1, 0.15) is 107 Å². The van der Waals surface area contributed by atoms with Crippen molar-refractivity contribution in [2.24, 2.45) is 35.5 Å². The molecule has 0 aromatic rings. The highest BCUT2D eigenvalue weighted by molar-refractivity contribution is 5.90. The lowest BCUT2D eigenvalue weighted by Gasteiger charge is -2.20. The van der Waals surface area contributed by atoms with Gasteiger partial charge in [0, 0.05) is 137 Å². The summed E-state index contributed by atoms with van der Waals surface area (Å²) in [7, 11) is 11.3. The predicted molar refractivity (Wildman–Crippen MR) is 330 cm³/mol. The molecule has 6 amide bonds. The van der Waals surface area contributed by atoms with Gasteiger partial charge < -0.3 is 77.5 Å². The fraction of sp³-hybridized carbons (Fsp3) is 0.790. The van der Waals surface area contributed by atoms with Crippen LogP contribution in [0.4, 0.5) is 0 Å². The van der Waals surface area contributed by atoms with E-state index < -0.39 is 0 Å². The number of ether oxygens (including phenoxy) is 7. The van der Waals surface area contributed by atoms with Gasteiger partial charge in [0.15, 0.2) is 0 Å². The van der Waals surface area contributed by atoms with Gasteiger partial charge in [0.1, 0.15) is 0 Å². The molecule has 6 fully saturated rings. The minimum absolute atomic E-state index is 0.0213. The van der Waals surface area contributed by atoms with Crippen molar-refractivity contribution >= 4 is 77.4 Å². The molecule has 0 bridgehead atoms. The Labute approximate surface area is 542 Å². The highest BCUT2D eigenvalue weighted by Gasteiger charge is 2.39. The highest BCUT2D eigenvalue weighted by Crippen LogP contribution is 2.24. The smallest absolute Gasteiger partial charge is 0.373 e. The highest BCUT2D eigenvalue weighted by atomic mass is 16.6. The minimum Gasteiger partial charge on any atom is -0.466 e. The Morgan fingerprint density at radius 3 is 1.00 bits per heavy atom. The molecule has 0 aromatic carbocycles. The molecule has 30 heteroatoms.